The van der Waals surface area contributed by atoms with Crippen molar-refractivity contribution in [3.8, 4) is 0 Å². The molecule has 0 saturated carbocycles. The van der Waals surface area contributed by atoms with Gasteiger partial charge >= 0.3 is 64.0 Å². The van der Waals surface area contributed by atoms with Crippen molar-refractivity contribution in [3.63, 3.8) is 0 Å². The molecule has 6 unspecified atom stereocenters. The lowest BCUT2D eigenvalue weighted by atomic mass is 9.94. The molecular weight excluding hydrogens is 2050 g/mol. The summed E-state index contributed by atoms with van der Waals surface area (Å²) in [5.74, 6) is -1.15. The van der Waals surface area contributed by atoms with E-state index in [1.807, 2.05) is 48.5 Å². The second-order valence-electron chi connectivity index (χ2n) is 33.9. The molecule has 6 fully saturated rings. The summed E-state index contributed by atoms with van der Waals surface area (Å²) >= 11 is 0. The Kier molecular flexibility index (Phi) is 30.5. The van der Waals surface area contributed by atoms with Crippen LogP contribution < -0.4 is 62.2 Å². The smallest absolute Gasteiger partial charge is 0.394 e. The second kappa shape index (κ2) is 42.6. The Bertz CT molecular complexity index is 7450. The number of hydrogen-bond acceptors (Lipinski definition) is 46. The fraction of sp³-hybridized carbons (Fsp3) is 0.462. The minimum absolute atomic E-state index is 0.0188. The number of nitrogen functional groups attached to an aromatic ring is 5. The zero-order valence-corrected chi connectivity index (χ0v) is 80.9. The number of aliphatic hydroxyl groups is 1. The minimum atomic E-state index is -5.71. The highest BCUT2D eigenvalue weighted by atomic mass is 31.2. The quantitative estimate of drug-likeness (QED) is 0.0148. The average Bonchev–Trinajstić information content (AvgIpc) is 1.66. The Morgan fingerprint density at radius 2 is 0.807 bits per heavy atom. The Labute approximate surface area is 812 Å². The minimum Gasteiger partial charge on any atom is -0.394 e. The van der Waals surface area contributed by atoms with E-state index in [4.69, 9.17) is 111 Å². The summed E-state index contributed by atoms with van der Waals surface area (Å²) < 4.78 is 196. The van der Waals surface area contributed by atoms with Crippen LogP contribution in [0.25, 0.3) is 55.0 Å². The Morgan fingerprint density at radius 3 is 1.21 bits per heavy atom. The van der Waals surface area contributed by atoms with E-state index in [-0.39, 0.29) is 106 Å². The first-order valence-electron chi connectivity index (χ1n) is 44.3. The van der Waals surface area contributed by atoms with Crippen LogP contribution in [-0.2, 0) is 121 Å². The first-order valence-corrected chi connectivity index (χ1v) is 53.2. The predicted octanol–water partition coefficient (Wildman–Crippen LogP) is 2.26. The summed E-state index contributed by atoms with van der Waals surface area (Å²) in [6.45, 7) is -5.29. The molecule has 18 rings (SSSR count). The predicted molar refractivity (Wildman–Crippen MR) is 493 cm³/mol. The van der Waals surface area contributed by atoms with Gasteiger partial charge in [-0.25, -0.2) is 76.7 Å². The summed E-state index contributed by atoms with van der Waals surface area (Å²) in [6.07, 6.45) is -21.3. The summed E-state index contributed by atoms with van der Waals surface area (Å²) in [7, 11) is -33.0. The molecule has 12 aromatic rings. The number of aromatic amines is 2. The third kappa shape index (κ3) is 24.0. The van der Waals surface area contributed by atoms with Gasteiger partial charge in [-0.15, -0.1) is 0 Å². The number of rotatable bonds is 42. The van der Waals surface area contributed by atoms with Crippen molar-refractivity contribution >= 4 is 137 Å². The molecule has 0 radical (unpaired) electrons. The molecule has 6 aliphatic rings. The number of anilines is 5. The van der Waals surface area contributed by atoms with E-state index in [0.717, 1.165) is 72.2 Å². The van der Waals surface area contributed by atoms with Gasteiger partial charge in [-0.2, -0.15) is 15.0 Å². The number of carbonyl (C=O) groups excluding carboxylic acids is 1. The van der Waals surface area contributed by atoms with Gasteiger partial charge in [0.15, 0.2) is 34.1 Å². The number of phosphoric ester groups is 6. The number of hydrogen-bond donors (Lipinski definition) is 15. The topological polar surface area (TPSA) is 845 Å². The molecule has 9 aromatic heterocycles. The number of fused-ring (bicyclic) bond motifs is 5. The molecule has 24 atom stereocenters. The Balaban J connectivity index is 0.539. The van der Waals surface area contributed by atoms with E-state index in [1.54, 1.807) is 0 Å². The number of aliphatic hydroxyl groups excluding tert-OH is 1. The fourth-order valence-corrected chi connectivity index (χ4v) is 23.2. The molecule has 67 heteroatoms. The van der Waals surface area contributed by atoms with Crippen LogP contribution in [0.1, 0.15) is 99.9 Å². The first-order chi connectivity index (χ1) is 69.0. The van der Waals surface area contributed by atoms with E-state index in [1.165, 1.54) is 51.6 Å². The third-order valence-electron chi connectivity index (χ3n) is 24.2. The summed E-state index contributed by atoms with van der Waals surface area (Å²) in [6, 6.07) is 20.2. The van der Waals surface area contributed by atoms with E-state index in [9.17, 15) is 90.6 Å². The average molecular weight is 2150 g/mol. The number of nitrogens with two attached hydrogens (primary N) is 5. The lowest BCUT2D eigenvalue weighted by Gasteiger charge is -2.26. The summed E-state index contributed by atoms with van der Waals surface area (Å²) in [5, 5.41) is 17.1. The standard InChI is InChI=1S/C78H94N24O37P6/c1-38-26-99(78(109)96-73(38)105)61-22-46(52(130-61)29-125-142(114,115)136-45-21-60(98-17-14-57(80)93-77(98)108)129-51(45)28-124-144(118,119)139-49-25-64(102-37-91-67-72(102)94-75(83)95-74(67)106)133-55(49)32-123-141(112,113)134-44-20-59(128-50(44)27-103)97-16-13-56(79)92-76(97)107)137-143(116,117)127-31-54-48(24-63(132-54)101-36-90-66-69(82)86-34-88-71(66)101)138-145(120,121)126-30-53-47(23-62(131-53)100-35-89-65-68(81)85-33-87-70(65)100)135-140(110,111)122-18-6-15-84-58(104)12-11-43-41-9-4-2-7-39(41)19-40-8-3-5-10-42(40)43/h2-5,7-10,13-14,16-17,19,26,33-37,44-55,59-64,103H,6,11-12,15,18,20-25,27-32H2,1H3,(H,84,104)(H,110,111)(H,112,113)(H,114,115)(H,116,117)(H,118,119)(H,120,121)(H2,79,92,107)(H2,80,93,108)(H2,81,85,87)(H2,82,86,88)(H,96,105,109)(H3,83,94,95,106)/t44-,45-,46-,47-,48-,49-,50+,51+,52+,53+,54+,55+,59+,60+,61+,62+,63+,64+/m0/s1. The molecule has 61 nitrogen and oxygen atoms in total. The number of aryl methyl sites for hydroxylation is 2. The second-order valence-corrected chi connectivity index (χ2v) is 42.3. The van der Waals surface area contributed by atoms with E-state index >= 15 is 0 Å². The maximum absolute atomic E-state index is 14.6. The number of H-pyrrole nitrogens is 2. The fourth-order valence-electron chi connectivity index (χ4n) is 17.4. The third-order valence-corrected chi connectivity index (χ3v) is 30.3. The van der Waals surface area contributed by atoms with Crippen molar-refractivity contribution in [2.75, 3.05) is 81.5 Å². The molecule has 1 amide bonds. The van der Waals surface area contributed by atoms with Crippen LogP contribution >= 0.6 is 46.9 Å². The van der Waals surface area contributed by atoms with Gasteiger partial charge in [0.05, 0.1) is 65.2 Å². The number of carbonyl (C=O) groups is 1. The molecule has 3 aromatic carbocycles. The lowest BCUT2D eigenvalue weighted by Crippen LogP contribution is -2.33. The molecule has 6 aliphatic heterocycles. The van der Waals surface area contributed by atoms with Crippen LogP contribution in [0, 0.1) is 6.92 Å². The molecule has 0 aliphatic carbocycles. The van der Waals surface area contributed by atoms with Crippen molar-refractivity contribution in [2.24, 2.45) is 0 Å². The molecule has 0 bridgehead atoms. The molecule has 20 N–H and O–H groups in total. The summed E-state index contributed by atoms with van der Waals surface area (Å²) in [5.41, 5.74) is 25.8. The number of imidazole rings is 3. The lowest BCUT2D eigenvalue weighted by molar-refractivity contribution is -0.121. The van der Waals surface area contributed by atoms with E-state index < -0.39 is 258 Å². The van der Waals surface area contributed by atoms with Crippen molar-refractivity contribution in [1.29, 1.82) is 0 Å². The molecule has 778 valence electrons. The maximum atomic E-state index is 14.6. The Hall–Kier alpha value is -11.1. The van der Waals surface area contributed by atoms with Gasteiger partial charge in [0.1, 0.15) is 146 Å². The normalized spacial score (nSPS) is 27.0. The van der Waals surface area contributed by atoms with Gasteiger partial charge in [0.2, 0.25) is 11.9 Å². The molecule has 6 saturated heterocycles. The monoisotopic (exact) mass is 2140 g/mol. The highest BCUT2D eigenvalue weighted by Gasteiger charge is 2.53. The Morgan fingerprint density at radius 1 is 0.441 bits per heavy atom. The number of phosphoric acid groups is 6. The van der Waals surface area contributed by atoms with Crippen LogP contribution in [0.3, 0.4) is 0 Å². The zero-order valence-electron chi connectivity index (χ0n) is 75.5. The van der Waals surface area contributed by atoms with Crippen molar-refractivity contribution < 1.29 is 149 Å². The van der Waals surface area contributed by atoms with Gasteiger partial charge in [-0.3, -0.25) is 106 Å². The van der Waals surface area contributed by atoms with Gasteiger partial charge < -0.3 is 96.9 Å². The summed E-state index contributed by atoms with van der Waals surface area (Å²) in [4.78, 5) is 193. The number of nitrogens with one attached hydrogen (secondary N) is 3. The van der Waals surface area contributed by atoms with Gasteiger partial charge in [0.25, 0.3) is 11.1 Å². The van der Waals surface area contributed by atoms with Crippen LogP contribution in [0.15, 0.2) is 141 Å². The molecule has 145 heavy (non-hydrogen) atoms. The van der Waals surface area contributed by atoms with Crippen LogP contribution in [0.4, 0.5) is 29.2 Å². The number of amides is 1. The van der Waals surface area contributed by atoms with Gasteiger partial charge in [0, 0.05) is 75.6 Å². The number of aromatic nitrogens is 18. The number of benzene rings is 3. The number of nitrogens with zero attached hydrogens (tertiary/aromatic N) is 16. The van der Waals surface area contributed by atoms with Crippen molar-refractivity contribution in [3.05, 3.63) is 180 Å². The van der Waals surface area contributed by atoms with Crippen LogP contribution in [-0.4, -0.2) is 254 Å². The number of ether oxygens (including phenoxy) is 6. The molecule has 15 heterocycles. The van der Waals surface area contributed by atoms with Crippen LogP contribution in [0.5, 0.6) is 0 Å². The van der Waals surface area contributed by atoms with Gasteiger partial charge in [-0.05, 0) is 65.1 Å². The maximum Gasteiger partial charge on any atom is 0.472 e. The largest absolute Gasteiger partial charge is 0.472 e. The van der Waals surface area contributed by atoms with Crippen LogP contribution in [0.2, 0.25) is 0 Å². The molecular formula is C78H94N24O37P6. The van der Waals surface area contributed by atoms with E-state index in [0.29, 0.717) is 6.42 Å². The van der Waals surface area contributed by atoms with Crippen molar-refractivity contribution in [2.45, 2.75) is 175 Å². The van der Waals surface area contributed by atoms with E-state index in [2.05, 4.69) is 71.2 Å². The SMILES string of the molecule is Cc1cn([C@H]2C[C@H](OP(=O)(O)OC[C@H]3O[C@@H](n4cnc5c(N)ncnc54)C[C@@H]3OP(=O)(O)OC[C@H]3O[C@@H](n4cnc5c(N)ncnc54)C[C@@H]3OP(=O)(O)OCCCNC(=O)CCc3c4ccccc4cc4ccccc34)[C@@H](COP(=O)(O)O[C@H]3C[C@H](n4ccc(N)nc4=O)O[C@@H]3COP(=O)(O)O[C@H]3C[C@H](n4cnc5c(=O)[nH]c(N)nc54)O[C@@H]3COP(=O)(O)O[C@H]3C[C@H](n4ccc(N)nc4=O)O[C@@H]3CO)O2)c(=O)[nH]c1=O. The zero-order chi connectivity index (χ0) is 103. The molecule has 0 spiro atoms. The highest BCUT2D eigenvalue weighted by Crippen LogP contribution is 2.58. The van der Waals surface area contributed by atoms with Gasteiger partial charge in [-0.1, -0.05) is 48.5 Å². The van der Waals surface area contributed by atoms with Crippen molar-refractivity contribution in [1.82, 2.24) is 92.5 Å². The highest BCUT2D eigenvalue weighted by molar-refractivity contribution is 7.48. The first kappa shape index (κ1) is 104.